The number of amides is 2. The fourth-order valence-corrected chi connectivity index (χ4v) is 3.64. The molecule has 0 unspecified atom stereocenters. The molecule has 0 rings (SSSR count). The second kappa shape index (κ2) is 11.2. The molecule has 2 amide bonds. The molecule has 0 spiro atoms. The van der Waals surface area contributed by atoms with Crippen LogP contribution in [0.15, 0.2) is 0 Å². The molecule has 0 aromatic rings. The first kappa shape index (κ1) is 20.6. The minimum Gasteiger partial charge on any atom is -0.467 e. The van der Waals surface area contributed by atoms with Gasteiger partial charge in [0.2, 0.25) is 11.8 Å². The van der Waals surface area contributed by atoms with Gasteiger partial charge in [-0.1, -0.05) is 21.6 Å². The van der Waals surface area contributed by atoms with E-state index in [2.05, 4.69) is 20.1 Å². The number of rotatable bonds is 9. The molecule has 8 nitrogen and oxygen atoms in total. The van der Waals surface area contributed by atoms with Crippen molar-refractivity contribution in [3.63, 3.8) is 0 Å². The first-order valence-corrected chi connectivity index (χ1v) is 8.74. The summed E-state index contributed by atoms with van der Waals surface area (Å²) in [5.74, 6) is -1.24. The largest absolute Gasteiger partial charge is 0.467 e. The second-order valence-corrected chi connectivity index (χ2v) is 6.67. The Morgan fingerprint density at radius 2 is 1.14 bits per heavy atom. The first-order valence-electron chi connectivity index (χ1n) is 6.26. The van der Waals surface area contributed by atoms with Crippen LogP contribution in [0.5, 0.6) is 0 Å². The van der Waals surface area contributed by atoms with Gasteiger partial charge in [-0.3, -0.25) is 9.59 Å². The van der Waals surface area contributed by atoms with Crippen molar-refractivity contribution in [1.82, 2.24) is 10.6 Å². The first-order chi connectivity index (χ1) is 10.3. The van der Waals surface area contributed by atoms with Crippen LogP contribution in [0.1, 0.15) is 13.8 Å². The fraction of sp³-hybridized carbons (Fsp3) is 0.667. The Hall–Kier alpha value is -1.42. The van der Waals surface area contributed by atoms with Gasteiger partial charge < -0.3 is 20.1 Å². The molecule has 0 saturated carbocycles. The normalized spacial score (nSPS) is 12.7. The van der Waals surface area contributed by atoms with Crippen molar-refractivity contribution in [2.24, 2.45) is 0 Å². The van der Waals surface area contributed by atoms with Crippen LogP contribution in [-0.4, -0.2) is 61.6 Å². The Morgan fingerprint density at radius 1 is 0.818 bits per heavy atom. The Bertz CT molecular complexity index is 380. The van der Waals surface area contributed by atoms with Crippen LogP contribution >= 0.6 is 21.6 Å². The molecular formula is C12H20N2O6S2. The van der Waals surface area contributed by atoms with Crippen molar-refractivity contribution in [3.05, 3.63) is 0 Å². The predicted octanol–water partition coefficient (Wildman–Crippen LogP) is -0.277. The summed E-state index contributed by atoms with van der Waals surface area (Å²) < 4.78 is 9.18. The van der Waals surface area contributed by atoms with E-state index in [9.17, 15) is 19.2 Å². The van der Waals surface area contributed by atoms with E-state index in [1.807, 2.05) is 0 Å². The van der Waals surface area contributed by atoms with E-state index in [0.717, 1.165) is 0 Å². The quantitative estimate of drug-likeness (QED) is 0.331. The van der Waals surface area contributed by atoms with Gasteiger partial charge >= 0.3 is 11.9 Å². The maximum Gasteiger partial charge on any atom is 0.329 e. The molecule has 10 heteroatoms. The van der Waals surface area contributed by atoms with Crippen molar-refractivity contribution < 1.29 is 28.7 Å². The number of carbonyl (C=O) groups excluding carboxylic acids is 4. The van der Waals surface area contributed by atoms with Gasteiger partial charge in [-0.15, -0.1) is 0 Å². The highest BCUT2D eigenvalue weighted by atomic mass is 33.1. The van der Waals surface area contributed by atoms with E-state index in [0.29, 0.717) is 0 Å². The van der Waals surface area contributed by atoms with Crippen molar-refractivity contribution in [1.29, 1.82) is 0 Å². The number of hydrogen-bond acceptors (Lipinski definition) is 8. The third-order valence-corrected chi connectivity index (χ3v) is 4.70. The monoisotopic (exact) mass is 352 g/mol. The maximum atomic E-state index is 11.5. The molecule has 0 saturated heterocycles. The molecule has 0 aromatic heterocycles. The fourth-order valence-electron chi connectivity index (χ4n) is 1.34. The summed E-state index contributed by atoms with van der Waals surface area (Å²) in [4.78, 5) is 45.0. The minimum absolute atomic E-state index is 0.269. The van der Waals surface area contributed by atoms with Gasteiger partial charge in [0.15, 0.2) is 0 Å². The molecule has 0 aromatic carbocycles. The number of hydrogen-bond donors (Lipinski definition) is 2. The average Bonchev–Trinajstić information content (AvgIpc) is 2.46. The van der Waals surface area contributed by atoms with Crippen LogP contribution in [0.4, 0.5) is 0 Å². The molecule has 0 aliphatic heterocycles. The lowest BCUT2D eigenvalue weighted by Crippen LogP contribution is -2.43. The van der Waals surface area contributed by atoms with Gasteiger partial charge in [-0.25, -0.2) is 9.59 Å². The molecular weight excluding hydrogens is 332 g/mol. The minimum atomic E-state index is -0.766. The lowest BCUT2D eigenvalue weighted by molar-refractivity contribution is -0.144. The Morgan fingerprint density at radius 3 is 1.36 bits per heavy atom. The Labute approximate surface area is 136 Å². The Kier molecular flexibility index (Phi) is 10.5. The standard InChI is InChI=1S/C12H20N2O6S2/c1-7(15)13-9(11(17)19-3)5-21-22-6-10(12(18)20-4)14-8(2)16/h9-10H,5-6H2,1-4H3,(H,13,15)(H,14,16)/t9-,10-/m1/s1. The predicted molar refractivity (Wildman–Crippen MR) is 84.2 cm³/mol. The molecule has 2 atom stereocenters. The van der Waals surface area contributed by atoms with E-state index in [1.165, 1.54) is 49.7 Å². The lowest BCUT2D eigenvalue weighted by atomic mass is 10.3. The van der Waals surface area contributed by atoms with Gasteiger partial charge in [-0.05, 0) is 0 Å². The molecule has 0 bridgehead atoms. The van der Waals surface area contributed by atoms with Crippen LogP contribution in [0.2, 0.25) is 0 Å². The second-order valence-electron chi connectivity index (χ2n) is 4.12. The summed E-state index contributed by atoms with van der Waals surface area (Å²) in [7, 11) is 5.02. The summed E-state index contributed by atoms with van der Waals surface area (Å²) >= 11 is 0. The molecule has 126 valence electrons. The average molecular weight is 352 g/mol. The maximum absolute atomic E-state index is 11.5. The summed E-state index contributed by atoms with van der Waals surface area (Å²) in [5.41, 5.74) is 0. The molecule has 0 aliphatic rings. The zero-order chi connectivity index (χ0) is 17.1. The summed E-state index contributed by atoms with van der Waals surface area (Å²) in [6.45, 7) is 2.61. The highest BCUT2D eigenvalue weighted by Crippen LogP contribution is 2.23. The van der Waals surface area contributed by atoms with Gasteiger partial charge in [0, 0.05) is 25.4 Å². The smallest absolute Gasteiger partial charge is 0.329 e. The summed E-state index contributed by atoms with van der Waals surface area (Å²) in [6.07, 6.45) is 0. The zero-order valence-corrected chi connectivity index (χ0v) is 14.5. The third kappa shape index (κ3) is 8.78. The number of ether oxygens (including phenoxy) is 2. The van der Waals surface area contributed by atoms with Gasteiger partial charge in [0.25, 0.3) is 0 Å². The van der Waals surface area contributed by atoms with E-state index < -0.39 is 24.0 Å². The highest BCUT2D eigenvalue weighted by molar-refractivity contribution is 8.76. The zero-order valence-electron chi connectivity index (χ0n) is 12.8. The SMILES string of the molecule is COC(=O)[C@@H](CSSC[C@@H](NC(C)=O)C(=O)OC)NC(C)=O. The topological polar surface area (TPSA) is 111 Å². The van der Waals surface area contributed by atoms with Crippen LogP contribution in [-0.2, 0) is 28.7 Å². The number of methoxy groups -OCH3 is 2. The molecule has 2 N–H and O–H groups in total. The van der Waals surface area contributed by atoms with Crippen LogP contribution < -0.4 is 10.6 Å². The van der Waals surface area contributed by atoms with Crippen LogP contribution in [0.3, 0.4) is 0 Å². The van der Waals surface area contributed by atoms with Crippen molar-refractivity contribution >= 4 is 45.3 Å². The van der Waals surface area contributed by atoms with Gasteiger partial charge in [0.05, 0.1) is 14.2 Å². The summed E-state index contributed by atoms with van der Waals surface area (Å²) in [6, 6.07) is -1.53. The number of esters is 2. The van der Waals surface area contributed by atoms with Crippen molar-refractivity contribution in [2.45, 2.75) is 25.9 Å². The van der Waals surface area contributed by atoms with E-state index >= 15 is 0 Å². The van der Waals surface area contributed by atoms with Gasteiger partial charge in [0.1, 0.15) is 12.1 Å². The van der Waals surface area contributed by atoms with E-state index in [1.54, 1.807) is 0 Å². The van der Waals surface area contributed by atoms with Gasteiger partial charge in [-0.2, -0.15) is 0 Å². The molecule has 0 fully saturated rings. The van der Waals surface area contributed by atoms with Crippen LogP contribution in [0.25, 0.3) is 0 Å². The van der Waals surface area contributed by atoms with E-state index in [-0.39, 0.29) is 23.3 Å². The van der Waals surface area contributed by atoms with Crippen molar-refractivity contribution in [2.75, 3.05) is 25.7 Å². The Balaban J connectivity index is 4.33. The lowest BCUT2D eigenvalue weighted by Gasteiger charge is -2.16. The number of carbonyl (C=O) groups is 4. The molecule has 22 heavy (non-hydrogen) atoms. The molecule has 0 aliphatic carbocycles. The van der Waals surface area contributed by atoms with Crippen LogP contribution in [0, 0.1) is 0 Å². The summed E-state index contributed by atoms with van der Waals surface area (Å²) in [5, 5.41) is 4.95. The highest BCUT2D eigenvalue weighted by Gasteiger charge is 2.23. The molecule has 0 heterocycles. The molecule has 0 radical (unpaired) electrons. The number of nitrogens with one attached hydrogen (secondary N) is 2. The van der Waals surface area contributed by atoms with E-state index in [4.69, 9.17) is 0 Å². The van der Waals surface area contributed by atoms with Crippen molar-refractivity contribution in [3.8, 4) is 0 Å². The third-order valence-electron chi connectivity index (χ3n) is 2.28.